The van der Waals surface area contributed by atoms with E-state index in [-0.39, 0.29) is 11.4 Å². The molecule has 3 nitrogen and oxygen atoms in total. The molecule has 0 fully saturated rings. The first kappa shape index (κ1) is 28.1. The van der Waals surface area contributed by atoms with Crippen molar-refractivity contribution < 1.29 is 18.0 Å². The number of carbonyl (C=O) groups is 1. The van der Waals surface area contributed by atoms with E-state index in [1.54, 1.807) is 31.2 Å². The Morgan fingerprint density at radius 1 is 0.556 bits per heavy atom. The second-order valence-corrected chi connectivity index (χ2v) is 11.7. The van der Waals surface area contributed by atoms with Crippen LogP contribution in [0.4, 0.5) is 13.2 Å². The summed E-state index contributed by atoms with van der Waals surface area (Å²) >= 11 is 0. The molecule has 0 N–H and O–H groups in total. The number of hydrogen-bond acceptors (Lipinski definition) is 3. The van der Waals surface area contributed by atoms with Crippen LogP contribution in [0.25, 0.3) is 50.1 Å². The summed E-state index contributed by atoms with van der Waals surface area (Å²) in [5.41, 5.74) is 10.0. The van der Waals surface area contributed by atoms with Crippen LogP contribution in [0.2, 0.25) is 0 Å². The van der Waals surface area contributed by atoms with Gasteiger partial charge in [0.05, 0.1) is 5.56 Å². The summed E-state index contributed by atoms with van der Waals surface area (Å²) in [7, 11) is 0. The van der Waals surface area contributed by atoms with E-state index < -0.39 is 11.7 Å². The maximum atomic E-state index is 14.2. The van der Waals surface area contributed by atoms with Crippen molar-refractivity contribution in [1.82, 2.24) is 0 Å². The molecule has 0 atom stereocenters. The van der Waals surface area contributed by atoms with Crippen molar-refractivity contribution in [3.8, 4) is 56.6 Å². The first-order valence-corrected chi connectivity index (χ1v) is 14.3. The molecule has 0 spiro atoms. The SMILES string of the molecule is Cc1cc(C)cc(-c2ccc3c(c2)C(=O)c2c-3ccc3c2-c2ccc(-c4cc(C)cc(C(F)(F)F)c4)cc2C3=C(C#N)C#N)c1. The third kappa shape index (κ3) is 4.38. The quantitative estimate of drug-likeness (QED) is 0.188. The first-order valence-electron chi connectivity index (χ1n) is 14.3. The molecule has 2 aliphatic carbocycles. The molecule has 0 unspecified atom stereocenters. The van der Waals surface area contributed by atoms with Crippen LogP contribution in [0.1, 0.15) is 49.3 Å². The molecule has 0 saturated carbocycles. The molecule has 216 valence electrons. The number of aryl methyl sites for hydroxylation is 3. The van der Waals surface area contributed by atoms with Crippen molar-refractivity contribution >= 4 is 11.4 Å². The van der Waals surface area contributed by atoms with E-state index >= 15 is 0 Å². The predicted molar refractivity (Wildman–Crippen MR) is 168 cm³/mol. The van der Waals surface area contributed by atoms with Gasteiger partial charge in [0.2, 0.25) is 0 Å². The topological polar surface area (TPSA) is 64.7 Å². The van der Waals surface area contributed by atoms with Crippen LogP contribution >= 0.6 is 0 Å². The molecule has 2 aliphatic rings. The van der Waals surface area contributed by atoms with Crippen molar-refractivity contribution in [3.63, 3.8) is 0 Å². The van der Waals surface area contributed by atoms with Crippen LogP contribution in [-0.4, -0.2) is 5.78 Å². The van der Waals surface area contributed by atoms with Gasteiger partial charge >= 0.3 is 6.18 Å². The number of benzene rings is 5. The van der Waals surface area contributed by atoms with Gasteiger partial charge in [0.1, 0.15) is 17.7 Å². The van der Waals surface area contributed by atoms with Gasteiger partial charge in [-0.05, 0) is 101 Å². The molecule has 6 heteroatoms. The van der Waals surface area contributed by atoms with Gasteiger partial charge in [-0.3, -0.25) is 4.79 Å². The molecular weight excluding hydrogens is 569 g/mol. The van der Waals surface area contributed by atoms with Gasteiger partial charge in [0.25, 0.3) is 0 Å². The number of hydrogen-bond donors (Lipinski definition) is 0. The highest BCUT2D eigenvalue weighted by molar-refractivity contribution is 6.27. The molecule has 0 aromatic heterocycles. The molecule has 5 aromatic rings. The first-order chi connectivity index (χ1) is 21.5. The van der Waals surface area contributed by atoms with Crippen molar-refractivity contribution in [2.24, 2.45) is 0 Å². The van der Waals surface area contributed by atoms with Crippen LogP contribution in [-0.2, 0) is 6.18 Å². The molecule has 0 heterocycles. The Balaban J connectivity index is 1.42. The number of nitriles is 2. The molecule has 0 aliphatic heterocycles. The summed E-state index contributed by atoms with van der Waals surface area (Å²) < 4.78 is 40.9. The zero-order valence-electron chi connectivity index (χ0n) is 24.5. The molecule has 0 amide bonds. The fourth-order valence-electron chi connectivity index (χ4n) is 6.79. The number of ketones is 1. The van der Waals surface area contributed by atoms with Crippen LogP contribution in [0, 0.1) is 43.4 Å². The highest BCUT2D eigenvalue weighted by Gasteiger charge is 2.37. The Labute approximate surface area is 258 Å². The van der Waals surface area contributed by atoms with Crippen molar-refractivity contribution in [2.45, 2.75) is 26.9 Å². The Morgan fingerprint density at radius 2 is 1.09 bits per heavy atom. The summed E-state index contributed by atoms with van der Waals surface area (Å²) in [5, 5.41) is 19.9. The zero-order chi connectivity index (χ0) is 31.8. The van der Waals surface area contributed by atoms with E-state index in [1.165, 1.54) is 0 Å². The second kappa shape index (κ2) is 9.91. The number of halogens is 3. The third-order valence-corrected chi connectivity index (χ3v) is 8.58. The number of nitrogens with zero attached hydrogens (tertiary/aromatic N) is 2. The molecule has 45 heavy (non-hydrogen) atoms. The van der Waals surface area contributed by atoms with Crippen molar-refractivity contribution in [3.05, 3.63) is 135 Å². The lowest BCUT2D eigenvalue weighted by Gasteiger charge is -2.12. The maximum Gasteiger partial charge on any atom is 0.416 e. The summed E-state index contributed by atoms with van der Waals surface area (Å²) in [5.74, 6) is -0.150. The van der Waals surface area contributed by atoms with Crippen LogP contribution < -0.4 is 0 Å². The van der Waals surface area contributed by atoms with E-state index in [1.807, 2.05) is 56.3 Å². The van der Waals surface area contributed by atoms with E-state index in [4.69, 9.17) is 0 Å². The van der Waals surface area contributed by atoms with Gasteiger partial charge in [0.15, 0.2) is 5.78 Å². The highest BCUT2D eigenvalue weighted by atomic mass is 19.4. The minimum absolute atomic E-state index is 0.132. The van der Waals surface area contributed by atoms with E-state index in [0.717, 1.165) is 45.5 Å². The smallest absolute Gasteiger partial charge is 0.289 e. The lowest BCUT2D eigenvalue weighted by Crippen LogP contribution is -2.05. The minimum atomic E-state index is -4.51. The van der Waals surface area contributed by atoms with E-state index in [2.05, 4.69) is 18.2 Å². The Morgan fingerprint density at radius 3 is 1.71 bits per heavy atom. The van der Waals surface area contributed by atoms with Gasteiger partial charge in [-0.2, -0.15) is 23.7 Å². The summed E-state index contributed by atoms with van der Waals surface area (Å²) in [6, 6.07) is 28.9. The largest absolute Gasteiger partial charge is 0.416 e. The average molecular weight is 593 g/mol. The Hall–Kier alpha value is -5.72. The normalized spacial score (nSPS) is 12.6. The van der Waals surface area contributed by atoms with Gasteiger partial charge in [0, 0.05) is 22.3 Å². The van der Waals surface area contributed by atoms with Crippen LogP contribution in [0.3, 0.4) is 0 Å². The van der Waals surface area contributed by atoms with E-state index in [0.29, 0.717) is 55.6 Å². The molecule has 7 rings (SSSR count). The Kier molecular flexibility index (Phi) is 6.18. The standard InChI is InChI=1S/C39H23F3N2O/c1-20-10-21(2)12-25(11-20)24-4-6-29-30-8-9-32-35(27(18-43)19-44)33-16-23(26-13-22(3)14-28(15-26)39(40,41)42)5-7-31(33)36(32)37(30)38(45)34(29)17-24/h4-17H,1-3H3. The van der Waals surface area contributed by atoms with Crippen LogP contribution in [0.15, 0.2) is 90.5 Å². The number of alkyl halides is 3. The van der Waals surface area contributed by atoms with Gasteiger partial charge < -0.3 is 0 Å². The Bertz CT molecular complexity index is 2240. The fraction of sp³-hybridized carbons (Fsp3) is 0.103. The fourth-order valence-corrected chi connectivity index (χ4v) is 6.79. The summed E-state index contributed by atoms with van der Waals surface area (Å²) in [4.78, 5) is 14.2. The number of carbonyl (C=O) groups excluding carboxylic acids is 1. The number of allylic oxidation sites excluding steroid dienone is 1. The number of fused-ring (bicyclic) bond motifs is 7. The maximum absolute atomic E-state index is 14.2. The number of rotatable bonds is 2. The molecular formula is C39H23F3N2O. The summed E-state index contributed by atoms with van der Waals surface area (Å²) in [6.07, 6.45) is -4.51. The molecule has 0 radical (unpaired) electrons. The molecule has 0 bridgehead atoms. The zero-order valence-corrected chi connectivity index (χ0v) is 24.5. The monoisotopic (exact) mass is 592 g/mol. The predicted octanol–water partition coefficient (Wildman–Crippen LogP) is 10.0. The second-order valence-electron chi connectivity index (χ2n) is 11.7. The van der Waals surface area contributed by atoms with Crippen molar-refractivity contribution in [2.75, 3.05) is 0 Å². The molecule has 0 saturated heterocycles. The lowest BCUT2D eigenvalue weighted by atomic mass is 9.93. The van der Waals surface area contributed by atoms with Gasteiger partial charge in [-0.1, -0.05) is 71.8 Å². The third-order valence-electron chi connectivity index (χ3n) is 8.58. The molecule has 5 aromatic carbocycles. The lowest BCUT2D eigenvalue weighted by molar-refractivity contribution is -0.137. The minimum Gasteiger partial charge on any atom is -0.289 e. The van der Waals surface area contributed by atoms with Crippen LogP contribution in [0.5, 0.6) is 0 Å². The average Bonchev–Trinajstić information content (AvgIpc) is 3.48. The van der Waals surface area contributed by atoms with E-state index in [9.17, 15) is 28.5 Å². The van der Waals surface area contributed by atoms with Crippen molar-refractivity contribution in [1.29, 1.82) is 10.5 Å². The van der Waals surface area contributed by atoms with Gasteiger partial charge in [-0.25, -0.2) is 0 Å². The highest BCUT2D eigenvalue weighted by Crippen LogP contribution is 2.53. The van der Waals surface area contributed by atoms with Gasteiger partial charge in [-0.15, -0.1) is 0 Å². The summed E-state index contributed by atoms with van der Waals surface area (Å²) in [6.45, 7) is 5.68.